The van der Waals surface area contributed by atoms with Crippen molar-refractivity contribution in [1.82, 2.24) is 15.5 Å². The van der Waals surface area contributed by atoms with Crippen molar-refractivity contribution >= 4 is 11.8 Å². The summed E-state index contributed by atoms with van der Waals surface area (Å²) < 4.78 is 5.18. The zero-order valence-corrected chi connectivity index (χ0v) is 20.2. The molecule has 1 saturated carbocycles. The fourth-order valence-corrected chi connectivity index (χ4v) is 4.79. The van der Waals surface area contributed by atoms with Crippen molar-refractivity contribution in [2.75, 3.05) is 26.7 Å². The van der Waals surface area contributed by atoms with E-state index in [1.807, 2.05) is 42.5 Å². The number of hydrogen-bond acceptors (Lipinski definition) is 4. The monoisotopic (exact) mass is 463 g/mol. The summed E-state index contributed by atoms with van der Waals surface area (Å²) in [6.45, 7) is 2.87. The lowest BCUT2D eigenvalue weighted by Gasteiger charge is -2.34. The molecule has 182 valence electrons. The van der Waals surface area contributed by atoms with E-state index in [1.54, 1.807) is 7.11 Å². The number of hydrogen-bond donors (Lipinski definition) is 2. The van der Waals surface area contributed by atoms with Crippen LogP contribution in [0.15, 0.2) is 54.6 Å². The van der Waals surface area contributed by atoms with E-state index in [2.05, 4.69) is 27.7 Å². The highest BCUT2D eigenvalue weighted by atomic mass is 16.5. The predicted molar refractivity (Wildman–Crippen MR) is 134 cm³/mol. The summed E-state index contributed by atoms with van der Waals surface area (Å²) in [5.41, 5.74) is 2.17. The van der Waals surface area contributed by atoms with Crippen LogP contribution >= 0.6 is 0 Å². The van der Waals surface area contributed by atoms with Gasteiger partial charge in [-0.05, 0) is 55.4 Å². The van der Waals surface area contributed by atoms with Gasteiger partial charge in [-0.1, -0.05) is 48.9 Å². The minimum atomic E-state index is 0.0521. The molecule has 2 N–H and O–H groups in total. The quantitative estimate of drug-likeness (QED) is 0.561. The topological polar surface area (TPSA) is 70.7 Å². The second-order valence-corrected chi connectivity index (χ2v) is 9.60. The Morgan fingerprint density at radius 2 is 1.71 bits per heavy atom. The molecule has 6 heteroatoms. The van der Waals surface area contributed by atoms with Crippen molar-refractivity contribution in [3.63, 3.8) is 0 Å². The highest BCUT2D eigenvalue weighted by Gasteiger charge is 2.28. The number of ether oxygens (including phenoxy) is 1. The number of carbonyl (C=O) groups excluding carboxylic acids is 2. The molecular formula is C28H37N3O3. The average molecular weight is 464 g/mol. The number of amides is 2. The molecule has 1 aliphatic carbocycles. The van der Waals surface area contributed by atoms with E-state index in [9.17, 15) is 9.59 Å². The Hall–Kier alpha value is -2.86. The van der Waals surface area contributed by atoms with Crippen molar-refractivity contribution in [2.45, 2.75) is 57.0 Å². The van der Waals surface area contributed by atoms with Gasteiger partial charge in [-0.2, -0.15) is 0 Å². The number of piperidine rings is 1. The molecule has 1 atom stereocenters. The summed E-state index contributed by atoms with van der Waals surface area (Å²) in [5, 5.41) is 6.51. The second-order valence-electron chi connectivity index (χ2n) is 9.60. The molecule has 1 saturated heterocycles. The fourth-order valence-electron chi connectivity index (χ4n) is 4.79. The van der Waals surface area contributed by atoms with Crippen LogP contribution in [0.4, 0.5) is 0 Å². The minimum Gasteiger partial charge on any atom is -0.497 e. The van der Waals surface area contributed by atoms with Crippen LogP contribution in [-0.4, -0.2) is 49.5 Å². The van der Waals surface area contributed by atoms with E-state index in [1.165, 1.54) is 12.0 Å². The first kappa shape index (κ1) is 24.3. The van der Waals surface area contributed by atoms with Gasteiger partial charge in [-0.25, -0.2) is 0 Å². The van der Waals surface area contributed by atoms with E-state index in [0.29, 0.717) is 6.42 Å². The first-order valence-corrected chi connectivity index (χ1v) is 12.6. The van der Waals surface area contributed by atoms with E-state index in [4.69, 9.17) is 4.74 Å². The lowest BCUT2D eigenvalue weighted by Crippen LogP contribution is -2.46. The zero-order chi connectivity index (χ0) is 23.8. The molecule has 4 rings (SSSR count). The van der Waals surface area contributed by atoms with Crippen LogP contribution in [0.2, 0.25) is 0 Å². The first-order valence-electron chi connectivity index (χ1n) is 12.6. The summed E-state index contributed by atoms with van der Waals surface area (Å²) in [7, 11) is 1.64. The van der Waals surface area contributed by atoms with Gasteiger partial charge >= 0.3 is 0 Å². The molecule has 2 amide bonds. The number of nitrogens with zero attached hydrogens (tertiary/aromatic N) is 1. The summed E-state index contributed by atoms with van der Waals surface area (Å²) in [6.07, 6.45) is 6.41. The van der Waals surface area contributed by atoms with Crippen molar-refractivity contribution in [1.29, 1.82) is 0 Å². The van der Waals surface area contributed by atoms with Gasteiger partial charge in [0, 0.05) is 31.6 Å². The average Bonchev–Trinajstić information content (AvgIpc) is 2.82. The standard InChI is InChI=1S/C28H37N3O3/c1-34-25-12-10-21(11-13-25)20-27(32)29-24-14-17-31(18-15-24)19-16-26(22-6-3-2-4-7-22)30-28(33)23-8-5-9-23/h2-4,6-7,10-13,23-24,26H,5,8-9,14-20H2,1H3,(H,29,32)(H,30,33). The van der Waals surface area contributed by atoms with Gasteiger partial charge in [-0.15, -0.1) is 0 Å². The molecule has 2 aliphatic rings. The maximum atomic E-state index is 12.6. The van der Waals surface area contributed by atoms with Crippen LogP contribution in [-0.2, 0) is 16.0 Å². The van der Waals surface area contributed by atoms with Crippen molar-refractivity contribution in [2.24, 2.45) is 5.92 Å². The third-order valence-electron chi connectivity index (χ3n) is 7.20. The maximum absolute atomic E-state index is 12.6. The SMILES string of the molecule is COc1ccc(CC(=O)NC2CCN(CCC(NC(=O)C3CCC3)c3ccccc3)CC2)cc1. The van der Waals surface area contributed by atoms with E-state index < -0.39 is 0 Å². The van der Waals surface area contributed by atoms with Gasteiger partial charge in [0.25, 0.3) is 0 Å². The predicted octanol–water partition coefficient (Wildman–Crippen LogP) is 3.87. The van der Waals surface area contributed by atoms with Crippen LogP contribution in [0.5, 0.6) is 5.75 Å². The molecule has 6 nitrogen and oxygen atoms in total. The zero-order valence-electron chi connectivity index (χ0n) is 20.2. The van der Waals surface area contributed by atoms with Gasteiger partial charge in [0.1, 0.15) is 5.75 Å². The second kappa shape index (κ2) is 12.0. The van der Waals surface area contributed by atoms with Crippen LogP contribution in [0.1, 0.15) is 55.7 Å². The number of nitrogens with one attached hydrogen (secondary N) is 2. The van der Waals surface area contributed by atoms with Crippen LogP contribution in [0.25, 0.3) is 0 Å². The van der Waals surface area contributed by atoms with E-state index in [0.717, 1.165) is 63.1 Å². The molecule has 0 spiro atoms. The molecule has 1 unspecified atom stereocenters. The highest BCUT2D eigenvalue weighted by molar-refractivity contribution is 5.80. The summed E-state index contributed by atoms with van der Waals surface area (Å²) in [4.78, 5) is 27.5. The molecule has 34 heavy (non-hydrogen) atoms. The number of carbonyl (C=O) groups is 2. The summed E-state index contributed by atoms with van der Waals surface area (Å²) in [6, 6.07) is 18.2. The molecule has 0 radical (unpaired) electrons. The molecule has 1 aliphatic heterocycles. The number of methoxy groups -OCH3 is 1. The Morgan fingerprint density at radius 3 is 2.32 bits per heavy atom. The minimum absolute atomic E-state index is 0.0521. The normalized spacial score (nSPS) is 18.0. The first-order chi connectivity index (χ1) is 16.6. The Kier molecular flexibility index (Phi) is 8.58. The Labute approximate surface area is 203 Å². The number of rotatable bonds is 10. The fraction of sp³-hybridized carbons (Fsp3) is 0.500. The van der Waals surface area contributed by atoms with Gasteiger partial charge in [-0.3, -0.25) is 9.59 Å². The van der Waals surface area contributed by atoms with E-state index >= 15 is 0 Å². The Bertz CT molecular complexity index is 920. The highest BCUT2D eigenvalue weighted by Crippen LogP contribution is 2.28. The number of likely N-dealkylation sites (tertiary alicyclic amines) is 1. The lowest BCUT2D eigenvalue weighted by molar-refractivity contribution is -0.128. The summed E-state index contributed by atoms with van der Waals surface area (Å²) in [5.74, 6) is 1.28. The molecule has 2 aromatic rings. The summed E-state index contributed by atoms with van der Waals surface area (Å²) >= 11 is 0. The molecule has 0 aromatic heterocycles. The Morgan fingerprint density at radius 1 is 1.00 bits per heavy atom. The third kappa shape index (κ3) is 6.83. The van der Waals surface area contributed by atoms with Gasteiger partial charge < -0.3 is 20.3 Å². The van der Waals surface area contributed by atoms with Crippen molar-refractivity contribution in [3.8, 4) is 5.75 Å². The van der Waals surface area contributed by atoms with Crippen LogP contribution < -0.4 is 15.4 Å². The van der Waals surface area contributed by atoms with Crippen molar-refractivity contribution in [3.05, 3.63) is 65.7 Å². The molecule has 2 aromatic carbocycles. The van der Waals surface area contributed by atoms with Gasteiger partial charge in [0.15, 0.2) is 0 Å². The van der Waals surface area contributed by atoms with E-state index in [-0.39, 0.29) is 29.8 Å². The maximum Gasteiger partial charge on any atom is 0.224 e. The third-order valence-corrected chi connectivity index (χ3v) is 7.20. The molecule has 1 heterocycles. The van der Waals surface area contributed by atoms with Crippen LogP contribution in [0, 0.1) is 5.92 Å². The molecule has 0 bridgehead atoms. The number of benzene rings is 2. The largest absolute Gasteiger partial charge is 0.497 e. The van der Waals surface area contributed by atoms with Gasteiger partial charge in [0.2, 0.25) is 11.8 Å². The Balaban J connectivity index is 1.21. The smallest absolute Gasteiger partial charge is 0.224 e. The van der Waals surface area contributed by atoms with Gasteiger partial charge in [0.05, 0.1) is 19.6 Å². The van der Waals surface area contributed by atoms with Crippen LogP contribution in [0.3, 0.4) is 0 Å². The lowest BCUT2D eigenvalue weighted by atomic mass is 9.84. The van der Waals surface area contributed by atoms with Crippen molar-refractivity contribution < 1.29 is 14.3 Å². The molecular weight excluding hydrogens is 426 g/mol. The molecule has 2 fully saturated rings.